The van der Waals surface area contributed by atoms with Crippen LogP contribution in [-0.2, 0) is 6.42 Å². The van der Waals surface area contributed by atoms with Crippen LogP contribution in [0.2, 0.25) is 0 Å². The van der Waals surface area contributed by atoms with Crippen LogP contribution in [0, 0.1) is 5.82 Å². The van der Waals surface area contributed by atoms with Crippen molar-refractivity contribution in [2.24, 2.45) is 0 Å². The first-order valence-corrected chi connectivity index (χ1v) is 9.08. The maximum Gasteiger partial charge on any atom is 0.254 e. The number of rotatable bonds is 2. The van der Waals surface area contributed by atoms with Gasteiger partial charge in [0.2, 0.25) is 0 Å². The van der Waals surface area contributed by atoms with Crippen molar-refractivity contribution in [3.63, 3.8) is 0 Å². The molecular formula is C21H23FN2O. The number of nitrogens with zero attached hydrogens (tertiary/aromatic N) is 2. The topological polar surface area (TPSA) is 23.6 Å². The van der Waals surface area contributed by atoms with Crippen molar-refractivity contribution in [2.45, 2.75) is 32.2 Å². The molecule has 0 aromatic heterocycles. The summed E-state index contributed by atoms with van der Waals surface area (Å²) in [7, 11) is 0. The highest BCUT2D eigenvalue weighted by molar-refractivity contribution is 5.95. The van der Waals surface area contributed by atoms with E-state index < -0.39 is 0 Å². The minimum Gasteiger partial charge on any atom is -0.372 e. The first kappa shape index (κ1) is 16.1. The summed E-state index contributed by atoms with van der Waals surface area (Å²) in [5, 5.41) is 0. The predicted molar refractivity (Wildman–Crippen MR) is 97.4 cm³/mol. The van der Waals surface area contributed by atoms with E-state index in [0.29, 0.717) is 12.1 Å². The minimum absolute atomic E-state index is 0.0235. The van der Waals surface area contributed by atoms with Crippen molar-refractivity contribution in [1.82, 2.24) is 4.90 Å². The second kappa shape index (κ2) is 6.51. The van der Waals surface area contributed by atoms with Gasteiger partial charge in [-0.1, -0.05) is 6.07 Å². The predicted octanol–water partition coefficient (Wildman–Crippen LogP) is 4.19. The Kier molecular flexibility index (Phi) is 4.20. The van der Waals surface area contributed by atoms with Crippen molar-refractivity contribution in [2.75, 3.05) is 24.5 Å². The molecular weight excluding hydrogens is 315 g/mol. The molecule has 0 N–H and O–H groups in total. The Bertz CT molecular complexity index is 781. The highest BCUT2D eigenvalue weighted by atomic mass is 19.1. The van der Waals surface area contributed by atoms with Crippen LogP contribution < -0.4 is 4.90 Å². The maximum atomic E-state index is 13.6. The molecule has 1 fully saturated rings. The van der Waals surface area contributed by atoms with Crippen LogP contribution >= 0.6 is 0 Å². The molecule has 2 aromatic carbocycles. The van der Waals surface area contributed by atoms with Crippen LogP contribution in [-0.4, -0.2) is 30.4 Å². The molecule has 0 spiro atoms. The zero-order valence-electron chi connectivity index (χ0n) is 14.5. The van der Waals surface area contributed by atoms with Gasteiger partial charge in [-0.15, -0.1) is 0 Å². The van der Waals surface area contributed by atoms with E-state index in [2.05, 4.69) is 4.90 Å². The quantitative estimate of drug-likeness (QED) is 0.820. The zero-order valence-corrected chi connectivity index (χ0v) is 14.5. The van der Waals surface area contributed by atoms with E-state index in [9.17, 15) is 9.18 Å². The van der Waals surface area contributed by atoms with Crippen molar-refractivity contribution < 1.29 is 9.18 Å². The number of anilines is 1. The Morgan fingerprint density at radius 2 is 1.76 bits per heavy atom. The van der Waals surface area contributed by atoms with Gasteiger partial charge in [0, 0.05) is 30.9 Å². The molecule has 0 aliphatic carbocycles. The van der Waals surface area contributed by atoms with Gasteiger partial charge in [0.25, 0.3) is 5.91 Å². The number of halogens is 1. The fourth-order valence-electron chi connectivity index (χ4n) is 4.02. The lowest BCUT2D eigenvalue weighted by atomic mass is 9.93. The monoisotopic (exact) mass is 338 g/mol. The SMILES string of the molecule is C[C@@H]1c2cc(F)ccc2CCN1C(=O)c1ccc(N2CCCC2)cc1. The van der Waals surface area contributed by atoms with Crippen LogP contribution in [0.15, 0.2) is 42.5 Å². The fourth-order valence-corrected chi connectivity index (χ4v) is 4.02. The Balaban J connectivity index is 1.54. The lowest BCUT2D eigenvalue weighted by Gasteiger charge is -2.35. The summed E-state index contributed by atoms with van der Waals surface area (Å²) in [6, 6.07) is 12.7. The summed E-state index contributed by atoms with van der Waals surface area (Å²) in [6.07, 6.45) is 3.25. The van der Waals surface area contributed by atoms with Crippen LogP contribution in [0.1, 0.15) is 47.3 Å². The second-order valence-electron chi connectivity index (χ2n) is 7.01. The average Bonchev–Trinajstić information content (AvgIpc) is 3.17. The highest BCUT2D eigenvalue weighted by Gasteiger charge is 2.28. The van der Waals surface area contributed by atoms with E-state index >= 15 is 0 Å². The van der Waals surface area contributed by atoms with E-state index in [1.165, 1.54) is 24.6 Å². The summed E-state index contributed by atoms with van der Waals surface area (Å²) in [4.78, 5) is 17.2. The molecule has 0 radical (unpaired) electrons. The van der Waals surface area contributed by atoms with Crippen LogP contribution in [0.25, 0.3) is 0 Å². The standard InChI is InChI=1S/C21H23FN2O/c1-15-20-14-18(22)7-4-16(20)10-13-24(15)21(25)17-5-8-19(9-6-17)23-11-2-3-12-23/h4-9,14-15H,2-3,10-13H2,1H3/t15-/m1/s1. The lowest BCUT2D eigenvalue weighted by molar-refractivity contribution is 0.0677. The van der Waals surface area contributed by atoms with Crippen molar-refractivity contribution in [3.8, 4) is 0 Å². The molecule has 0 bridgehead atoms. The van der Waals surface area contributed by atoms with Gasteiger partial charge in [0.05, 0.1) is 6.04 Å². The first-order valence-electron chi connectivity index (χ1n) is 9.08. The lowest BCUT2D eigenvalue weighted by Crippen LogP contribution is -2.38. The summed E-state index contributed by atoms with van der Waals surface area (Å²) in [5.74, 6) is -0.217. The third kappa shape index (κ3) is 3.01. The number of carbonyl (C=O) groups is 1. The number of fused-ring (bicyclic) bond motifs is 1. The molecule has 130 valence electrons. The summed E-state index contributed by atoms with van der Waals surface area (Å²) in [6.45, 7) is 4.85. The van der Waals surface area contributed by atoms with E-state index in [0.717, 1.165) is 30.6 Å². The summed E-state index contributed by atoms with van der Waals surface area (Å²) < 4.78 is 13.6. The van der Waals surface area contributed by atoms with E-state index in [4.69, 9.17) is 0 Å². The van der Waals surface area contributed by atoms with E-state index in [-0.39, 0.29) is 17.8 Å². The highest BCUT2D eigenvalue weighted by Crippen LogP contribution is 2.31. The molecule has 2 aliphatic rings. The number of amides is 1. The van der Waals surface area contributed by atoms with Gasteiger partial charge in [0.1, 0.15) is 5.82 Å². The maximum absolute atomic E-state index is 13.6. The molecule has 2 aliphatic heterocycles. The fraction of sp³-hybridized carbons (Fsp3) is 0.381. The summed E-state index contributed by atoms with van der Waals surface area (Å²) in [5.41, 5.74) is 3.96. The average molecular weight is 338 g/mol. The van der Waals surface area contributed by atoms with Gasteiger partial charge >= 0.3 is 0 Å². The molecule has 4 rings (SSSR count). The molecule has 0 unspecified atom stereocenters. The van der Waals surface area contributed by atoms with Crippen LogP contribution in [0.3, 0.4) is 0 Å². The molecule has 1 amide bonds. The Morgan fingerprint density at radius 3 is 2.48 bits per heavy atom. The van der Waals surface area contributed by atoms with E-state index in [1.807, 2.05) is 42.2 Å². The number of hydrogen-bond donors (Lipinski definition) is 0. The Morgan fingerprint density at radius 1 is 1.04 bits per heavy atom. The normalized spacial score (nSPS) is 19.8. The van der Waals surface area contributed by atoms with Gasteiger partial charge in [-0.3, -0.25) is 4.79 Å². The number of carbonyl (C=O) groups excluding carboxylic acids is 1. The molecule has 0 saturated carbocycles. The molecule has 2 aromatic rings. The molecule has 1 saturated heterocycles. The van der Waals surface area contributed by atoms with Gasteiger partial charge in [-0.2, -0.15) is 0 Å². The van der Waals surface area contributed by atoms with Gasteiger partial charge in [-0.05, 0) is 73.7 Å². The Hall–Kier alpha value is -2.36. The van der Waals surface area contributed by atoms with Gasteiger partial charge < -0.3 is 9.80 Å². The van der Waals surface area contributed by atoms with Crippen LogP contribution in [0.5, 0.6) is 0 Å². The van der Waals surface area contributed by atoms with Crippen molar-refractivity contribution >= 4 is 11.6 Å². The molecule has 25 heavy (non-hydrogen) atoms. The van der Waals surface area contributed by atoms with Crippen molar-refractivity contribution in [3.05, 3.63) is 65.0 Å². The first-order chi connectivity index (χ1) is 12.1. The third-order valence-corrected chi connectivity index (χ3v) is 5.49. The van der Waals surface area contributed by atoms with Crippen LogP contribution in [0.4, 0.5) is 10.1 Å². The minimum atomic E-state index is -0.241. The smallest absolute Gasteiger partial charge is 0.254 e. The molecule has 4 heteroatoms. The molecule has 1 atom stereocenters. The number of hydrogen-bond acceptors (Lipinski definition) is 2. The zero-order chi connectivity index (χ0) is 17.4. The third-order valence-electron chi connectivity index (χ3n) is 5.49. The molecule has 2 heterocycles. The number of benzene rings is 2. The van der Waals surface area contributed by atoms with Gasteiger partial charge in [0.15, 0.2) is 0 Å². The van der Waals surface area contributed by atoms with Gasteiger partial charge in [-0.25, -0.2) is 4.39 Å². The van der Waals surface area contributed by atoms with E-state index in [1.54, 1.807) is 6.07 Å². The van der Waals surface area contributed by atoms with Crippen molar-refractivity contribution in [1.29, 1.82) is 0 Å². The Labute approximate surface area is 148 Å². The second-order valence-corrected chi connectivity index (χ2v) is 7.01. The molecule has 3 nitrogen and oxygen atoms in total. The largest absolute Gasteiger partial charge is 0.372 e. The summed E-state index contributed by atoms with van der Waals surface area (Å²) >= 11 is 0.